The van der Waals surface area contributed by atoms with Crippen LogP contribution in [0.3, 0.4) is 0 Å². The molecule has 6 N–H and O–H groups in total. The first kappa shape index (κ1) is 27.9. The number of aliphatic hydroxyl groups is 2. The molecule has 0 saturated heterocycles. The molecule has 0 saturated carbocycles. The molecule has 3 rings (SSSR count). The number of nitrogen functional groups attached to an aromatic ring is 1. The van der Waals surface area contributed by atoms with Gasteiger partial charge in [-0.2, -0.15) is 13.2 Å². The third kappa shape index (κ3) is 7.40. The molecule has 0 spiro atoms. The Labute approximate surface area is 211 Å². The minimum atomic E-state index is -4.63. The highest BCUT2D eigenvalue weighted by Crippen LogP contribution is 2.32. The predicted molar refractivity (Wildman–Crippen MR) is 130 cm³/mol. The van der Waals surface area contributed by atoms with Crippen LogP contribution in [0.5, 0.6) is 0 Å². The number of nitrogens with zero attached hydrogens (tertiary/aromatic N) is 3. The number of halogens is 3. The third-order valence-electron chi connectivity index (χ3n) is 5.22. The fraction of sp³-hybridized carbons (Fsp3) is 0.417. The summed E-state index contributed by atoms with van der Waals surface area (Å²) in [4.78, 5) is 24.7. The molecular formula is C24H29F3N6O4. The lowest BCUT2D eigenvalue weighted by molar-refractivity contribution is -0.141. The Hall–Kier alpha value is -3.71. The Bertz CT molecular complexity index is 1220. The largest absolute Gasteiger partial charge is 0.472 e. The number of aliphatic imine (C=N–C) groups is 1. The molecular weight excluding hydrogens is 493 g/mol. The zero-order valence-corrected chi connectivity index (χ0v) is 20.7. The molecule has 37 heavy (non-hydrogen) atoms. The molecule has 1 aliphatic heterocycles. The van der Waals surface area contributed by atoms with E-state index in [2.05, 4.69) is 25.6 Å². The number of pyridine rings is 2. The average Bonchev–Trinajstić information content (AvgIpc) is 3.27. The minimum Gasteiger partial charge on any atom is -0.472 e. The van der Waals surface area contributed by atoms with E-state index >= 15 is 0 Å². The normalized spacial score (nSPS) is 16.4. The maximum absolute atomic E-state index is 13.0. The number of hydrogen-bond donors (Lipinski definition) is 5. The van der Waals surface area contributed by atoms with Crippen LogP contribution in [0, 0.1) is 0 Å². The van der Waals surface area contributed by atoms with Crippen LogP contribution in [0.25, 0.3) is 0 Å². The fourth-order valence-electron chi connectivity index (χ4n) is 3.29. The van der Waals surface area contributed by atoms with E-state index in [1.807, 2.05) is 0 Å². The molecule has 1 amide bonds. The Morgan fingerprint density at radius 2 is 1.97 bits per heavy atom. The Kier molecular flexibility index (Phi) is 7.79. The van der Waals surface area contributed by atoms with Gasteiger partial charge in [-0.1, -0.05) is 0 Å². The molecule has 2 aromatic rings. The summed E-state index contributed by atoms with van der Waals surface area (Å²) in [6.07, 6.45) is -1.73. The van der Waals surface area contributed by atoms with Crippen molar-refractivity contribution in [2.24, 2.45) is 4.99 Å². The lowest BCUT2D eigenvalue weighted by atomic mass is 10.0. The molecule has 13 heteroatoms. The van der Waals surface area contributed by atoms with E-state index in [1.54, 1.807) is 13.8 Å². The van der Waals surface area contributed by atoms with Gasteiger partial charge in [0.1, 0.15) is 29.1 Å². The van der Waals surface area contributed by atoms with Gasteiger partial charge in [-0.3, -0.25) is 14.8 Å². The number of alkyl halides is 3. The topological polar surface area (TPSA) is 155 Å². The zero-order valence-electron chi connectivity index (χ0n) is 20.7. The zero-order chi connectivity index (χ0) is 27.6. The number of nitrogens with two attached hydrogens (primary N) is 1. The van der Waals surface area contributed by atoms with Crippen LogP contribution < -0.4 is 16.4 Å². The second kappa shape index (κ2) is 10.3. The maximum Gasteiger partial charge on any atom is 0.433 e. The smallest absolute Gasteiger partial charge is 0.433 e. The molecule has 0 bridgehead atoms. The quantitative estimate of drug-likeness (QED) is 0.332. The molecule has 0 radical (unpaired) electrons. The van der Waals surface area contributed by atoms with Gasteiger partial charge in [0.2, 0.25) is 0 Å². The Balaban J connectivity index is 1.79. The standard InChI is InChI=1S/C24H29F3N6O4/c1-22(2,35)6-8-29-11-14-9-15(18(23(3,4)36)33-19(14)28)31-20(34)16-12-37-21(32-16)13-5-7-30-17(10-13)24(25,26)27/h5,7,9-12,21,32,35-36H,6,8H2,1-4H3,(H2,28,33)(H,31,34). The van der Waals surface area contributed by atoms with Crippen molar-refractivity contribution < 1.29 is 32.9 Å². The fourth-order valence-corrected chi connectivity index (χ4v) is 3.29. The van der Waals surface area contributed by atoms with Crippen LogP contribution in [0.15, 0.2) is 41.3 Å². The summed E-state index contributed by atoms with van der Waals surface area (Å²) in [5.74, 6) is -0.614. The predicted octanol–water partition coefficient (Wildman–Crippen LogP) is 2.98. The van der Waals surface area contributed by atoms with E-state index in [0.717, 1.165) is 18.5 Å². The highest BCUT2D eigenvalue weighted by atomic mass is 19.4. The first-order valence-electron chi connectivity index (χ1n) is 11.3. The number of carbonyl (C=O) groups is 1. The summed E-state index contributed by atoms with van der Waals surface area (Å²) in [6.45, 7) is 6.57. The van der Waals surface area contributed by atoms with Crippen molar-refractivity contribution >= 4 is 23.6 Å². The highest BCUT2D eigenvalue weighted by Gasteiger charge is 2.34. The van der Waals surface area contributed by atoms with Crippen molar-refractivity contribution in [2.45, 2.75) is 57.7 Å². The molecule has 2 aromatic heterocycles. The molecule has 1 aliphatic rings. The van der Waals surface area contributed by atoms with Gasteiger partial charge in [-0.05, 0) is 52.3 Å². The summed E-state index contributed by atoms with van der Waals surface area (Å²) in [5.41, 5.74) is 3.24. The lowest BCUT2D eigenvalue weighted by Crippen LogP contribution is -2.28. The molecule has 1 unspecified atom stereocenters. The Morgan fingerprint density at radius 3 is 2.59 bits per heavy atom. The second-order valence-corrected chi connectivity index (χ2v) is 9.63. The van der Waals surface area contributed by atoms with Crippen molar-refractivity contribution in [2.75, 3.05) is 17.6 Å². The van der Waals surface area contributed by atoms with E-state index in [9.17, 15) is 28.2 Å². The molecule has 200 valence electrons. The van der Waals surface area contributed by atoms with E-state index in [0.29, 0.717) is 18.5 Å². The molecule has 0 aliphatic carbocycles. The number of anilines is 2. The van der Waals surface area contributed by atoms with Gasteiger partial charge in [0.25, 0.3) is 5.91 Å². The number of amides is 1. The lowest BCUT2D eigenvalue weighted by Gasteiger charge is -2.22. The molecule has 0 fully saturated rings. The molecule has 3 heterocycles. The third-order valence-corrected chi connectivity index (χ3v) is 5.22. The summed E-state index contributed by atoms with van der Waals surface area (Å²) >= 11 is 0. The first-order valence-corrected chi connectivity index (χ1v) is 11.3. The van der Waals surface area contributed by atoms with Gasteiger partial charge in [0.15, 0.2) is 6.23 Å². The summed E-state index contributed by atoms with van der Waals surface area (Å²) in [6, 6.07) is 3.65. The van der Waals surface area contributed by atoms with Gasteiger partial charge in [0.05, 0.1) is 17.0 Å². The van der Waals surface area contributed by atoms with Crippen LogP contribution >= 0.6 is 0 Å². The number of nitrogens with one attached hydrogen (secondary N) is 2. The van der Waals surface area contributed by atoms with Crippen LogP contribution in [0.1, 0.15) is 62.9 Å². The van der Waals surface area contributed by atoms with Crippen LogP contribution in [0.4, 0.5) is 24.7 Å². The van der Waals surface area contributed by atoms with E-state index in [4.69, 9.17) is 10.5 Å². The maximum atomic E-state index is 13.0. The SMILES string of the molecule is CC(C)(O)CCN=Cc1cc(NC(=O)C2=COC(c3ccnc(C(F)(F)F)c3)N2)c(C(C)(C)O)nc1N. The van der Waals surface area contributed by atoms with Crippen LogP contribution in [-0.4, -0.2) is 44.4 Å². The van der Waals surface area contributed by atoms with E-state index in [-0.39, 0.29) is 28.5 Å². The average molecular weight is 523 g/mol. The van der Waals surface area contributed by atoms with Crippen molar-refractivity contribution in [3.05, 3.63) is 58.9 Å². The first-order chi connectivity index (χ1) is 17.0. The van der Waals surface area contributed by atoms with Crippen LogP contribution in [0.2, 0.25) is 0 Å². The van der Waals surface area contributed by atoms with Gasteiger partial charge in [-0.25, -0.2) is 4.98 Å². The number of rotatable bonds is 8. The van der Waals surface area contributed by atoms with Crippen molar-refractivity contribution in [1.29, 1.82) is 0 Å². The molecule has 0 aromatic carbocycles. The number of aromatic nitrogens is 2. The number of hydrogen-bond acceptors (Lipinski definition) is 9. The number of carbonyl (C=O) groups excluding carboxylic acids is 1. The van der Waals surface area contributed by atoms with Crippen LogP contribution in [-0.2, 0) is 21.3 Å². The molecule has 1 atom stereocenters. The summed E-state index contributed by atoms with van der Waals surface area (Å²) in [5, 5.41) is 25.7. The van der Waals surface area contributed by atoms with Gasteiger partial charge >= 0.3 is 6.18 Å². The molecule has 10 nitrogen and oxygen atoms in total. The van der Waals surface area contributed by atoms with Crippen molar-refractivity contribution in [3.63, 3.8) is 0 Å². The van der Waals surface area contributed by atoms with Gasteiger partial charge in [-0.15, -0.1) is 0 Å². The summed E-state index contributed by atoms with van der Waals surface area (Å²) < 4.78 is 44.3. The second-order valence-electron chi connectivity index (χ2n) is 9.63. The van der Waals surface area contributed by atoms with Gasteiger partial charge in [0, 0.05) is 30.1 Å². The van der Waals surface area contributed by atoms with Crippen molar-refractivity contribution in [3.8, 4) is 0 Å². The van der Waals surface area contributed by atoms with E-state index in [1.165, 1.54) is 32.2 Å². The summed E-state index contributed by atoms with van der Waals surface area (Å²) in [7, 11) is 0. The highest BCUT2D eigenvalue weighted by molar-refractivity contribution is 6.04. The number of ether oxygens (including phenoxy) is 1. The minimum absolute atomic E-state index is 0.0608. The van der Waals surface area contributed by atoms with E-state index < -0.39 is 35.2 Å². The van der Waals surface area contributed by atoms with Crippen molar-refractivity contribution in [1.82, 2.24) is 15.3 Å². The van der Waals surface area contributed by atoms with Gasteiger partial charge < -0.3 is 31.3 Å². The Morgan fingerprint density at radius 1 is 1.27 bits per heavy atom. The monoisotopic (exact) mass is 522 g/mol.